The molecule has 0 aromatic heterocycles. The first-order valence-electron chi connectivity index (χ1n) is 7.80. The summed E-state index contributed by atoms with van der Waals surface area (Å²) in [6, 6.07) is 9.84. The van der Waals surface area contributed by atoms with E-state index in [1.165, 1.54) is 19.0 Å². The van der Waals surface area contributed by atoms with Gasteiger partial charge in [0.05, 0.1) is 12.7 Å². The summed E-state index contributed by atoms with van der Waals surface area (Å²) < 4.78 is 5.52. The lowest BCUT2D eigenvalue weighted by Gasteiger charge is -2.24. The highest BCUT2D eigenvalue weighted by atomic mass is 16.5. The Kier molecular flexibility index (Phi) is 8.79. The minimum Gasteiger partial charge on any atom is -0.390 e. The van der Waals surface area contributed by atoms with Crippen molar-refractivity contribution in [2.45, 2.75) is 44.2 Å². The summed E-state index contributed by atoms with van der Waals surface area (Å²) in [6.07, 6.45) is -2.55. The van der Waals surface area contributed by atoms with E-state index in [4.69, 9.17) is 4.74 Å². The molecule has 0 bridgehead atoms. The monoisotopic (exact) mass is 325 g/mol. The molecule has 0 aliphatic carbocycles. The number of ether oxygens (including phenoxy) is 1. The van der Waals surface area contributed by atoms with Crippen LogP contribution in [0.4, 0.5) is 0 Å². The van der Waals surface area contributed by atoms with Crippen LogP contribution in [0.1, 0.15) is 24.8 Å². The Hall–Kier alpha value is -1.47. The van der Waals surface area contributed by atoms with Crippen LogP contribution < -0.4 is 0 Å². The van der Waals surface area contributed by atoms with Crippen LogP contribution in [-0.2, 0) is 16.1 Å². The number of benzene rings is 1. The minimum absolute atomic E-state index is 0.299. The average molecular weight is 325 g/mol. The molecule has 0 aliphatic heterocycles. The number of carbonyl (C=O) groups is 1. The molecule has 1 rings (SSSR count). The first-order valence-corrected chi connectivity index (χ1v) is 7.80. The molecule has 0 saturated carbocycles. The molecular weight excluding hydrogens is 298 g/mol. The highest BCUT2D eigenvalue weighted by Crippen LogP contribution is 2.10. The van der Waals surface area contributed by atoms with Crippen LogP contribution in [-0.4, -0.2) is 65.1 Å². The van der Waals surface area contributed by atoms with E-state index in [1.54, 1.807) is 0 Å². The van der Waals surface area contributed by atoms with Crippen molar-refractivity contribution in [1.29, 1.82) is 0 Å². The van der Waals surface area contributed by atoms with Gasteiger partial charge in [-0.15, -0.1) is 0 Å². The average Bonchev–Trinajstić information content (AvgIpc) is 2.56. The zero-order chi connectivity index (χ0) is 17.2. The van der Waals surface area contributed by atoms with Crippen molar-refractivity contribution in [2.75, 3.05) is 20.7 Å². The fourth-order valence-corrected chi connectivity index (χ4v) is 2.11. The molecule has 6 heteroatoms. The number of nitrogens with zero attached hydrogens (tertiary/aromatic N) is 1. The Morgan fingerprint density at radius 3 is 2.39 bits per heavy atom. The Labute approximate surface area is 137 Å². The van der Waals surface area contributed by atoms with Gasteiger partial charge in [-0.25, -0.2) is 0 Å². The second kappa shape index (κ2) is 10.3. The number of amides is 1. The molecule has 0 unspecified atom stereocenters. The summed E-state index contributed by atoms with van der Waals surface area (Å²) in [5, 5.41) is 29.3. The molecule has 23 heavy (non-hydrogen) atoms. The summed E-state index contributed by atoms with van der Waals surface area (Å²) >= 11 is 0. The standard InChI is InChI=1S/C17H27NO5/c1-18(2)17(22)16(21)15(20)14(19)10-6-7-11-23-12-13-8-4-3-5-9-13/h3-5,8-9,14-16,19-21H,6-7,10-12H2,1-2H3/t14-,15+,16-/m1/s1. The molecule has 3 atom stereocenters. The summed E-state index contributed by atoms with van der Waals surface area (Å²) in [6.45, 7) is 1.10. The van der Waals surface area contributed by atoms with Gasteiger partial charge in [-0.2, -0.15) is 0 Å². The first-order chi connectivity index (χ1) is 10.9. The molecule has 1 amide bonds. The second-order valence-electron chi connectivity index (χ2n) is 5.77. The molecule has 1 aromatic carbocycles. The van der Waals surface area contributed by atoms with Gasteiger partial charge in [-0.3, -0.25) is 4.79 Å². The van der Waals surface area contributed by atoms with E-state index in [9.17, 15) is 20.1 Å². The Bertz CT molecular complexity index is 452. The van der Waals surface area contributed by atoms with Crippen molar-refractivity contribution in [1.82, 2.24) is 4.90 Å². The van der Waals surface area contributed by atoms with Crippen molar-refractivity contribution < 1.29 is 24.9 Å². The molecule has 3 N–H and O–H groups in total. The number of unbranched alkanes of at least 4 members (excludes halogenated alkanes) is 1. The van der Waals surface area contributed by atoms with Gasteiger partial charge in [0, 0.05) is 20.7 Å². The van der Waals surface area contributed by atoms with E-state index in [-0.39, 0.29) is 0 Å². The lowest BCUT2D eigenvalue weighted by atomic mass is 10.0. The summed E-state index contributed by atoms with van der Waals surface area (Å²) in [5.41, 5.74) is 1.10. The van der Waals surface area contributed by atoms with Crippen LogP contribution in [0.2, 0.25) is 0 Å². The van der Waals surface area contributed by atoms with Crippen LogP contribution in [0.5, 0.6) is 0 Å². The smallest absolute Gasteiger partial charge is 0.253 e. The predicted molar refractivity (Wildman–Crippen MR) is 86.7 cm³/mol. The number of carbonyl (C=O) groups excluding carboxylic acids is 1. The van der Waals surface area contributed by atoms with Gasteiger partial charge < -0.3 is 25.0 Å². The van der Waals surface area contributed by atoms with Crippen molar-refractivity contribution >= 4 is 5.91 Å². The zero-order valence-corrected chi connectivity index (χ0v) is 13.8. The van der Waals surface area contributed by atoms with E-state index in [0.717, 1.165) is 12.0 Å². The molecule has 0 radical (unpaired) electrons. The number of hydrogen-bond donors (Lipinski definition) is 3. The van der Waals surface area contributed by atoms with Crippen molar-refractivity contribution in [2.24, 2.45) is 0 Å². The molecule has 6 nitrogen and oxygen atoms in total. The SMILES string of the molecule is CN(C)C(=O)[C@H](O)[C@@H](O)[C@H](O)CCCCOCc1ccccc1. The quantitative estimate of drug-likeness (QED) is 0.547. The third-order valence-corrected chi connectivity index (χ3v) is 3.56. The van der Waals surface area contributed by atoms with Crippen molar-refractivity contribution in [3.05, 3.63) is 35.9 Å². The van der Waals surface area contributed by atoms with Gasteiger partial charge >= 0.3 is 0 Å². The van der Waals surface area contributed by atoms with Gasteiger partial charge in [0.2, 0.25) is 0 Å². The normalized spacial score (nSPS) is 15.0. The maximum absolute atomic E-state index is 11.5. The van der Waals surface area contributed by atoms with Gasteiger partial charge in [-0.1, -0.05) is 30.3 Å². The van der Waals surface area contributed by atoms with Gasteiger partial charge in [0.25, 0.3) is 5.91 Å². The molecule has 0 heterocycles. The van der Waals surface area contributed by atoms with Crippen molar-refractivity contribution in [3.8, 4) is 0 Å². The molecule has 0 saturated heterocycles. The van der Waals surface area contributed by atoms with E-state index < -0.39 is 24.2 Å². The molecule has 0 aliphatic rings. The van der Waals surface area contributed by atoms with Crippen LogP contribution >= 0.6 is 0 Å². The number of rotatable bonds is 10. The van der Waals surface area contributed by atoms with Gasteiger partial charge in [-0.05, 0) is 24.8 Å². The number of aliphatic hydroxyl groups excluding tert-OH is 3. The van der Waals surface area contributed by atoms with E-state index in [1.807, 2.05) is 30.3 Å². The van der Waals surface area contributed by atoms with Crippen molar-refractivity contribution in [3.63, 3.8) is 0 Å². The third-order valence-electron chi connectivity index (χ3n) is 3.56. The molecule has 0 fully saturated rings. The Balaban J connectivity index is 2.16. The summed E-state index contributed by atoms with van der Waals surface area (Å²) in [4.78, 5) is 12.7. The lowest BCUT2D eigenvalue weighted by Crippen LogP contribution is -2.46. The number of likely N-dealkylation sites (N-methyl/N-ethyl adjacent to an activating group) is 1. The third kappa shape index (κ3) is 7.09. The highest BCUT2D eigenvalue weighted by Gasteiger charge is 2.30. The Morgan fingerprint density at radius 1 is 1.13 bits per heavy atom. The topological polar surface area (TPSA) is 90.2 Å². The van der Waals surface area contributed by atoms with E-state index in [0.29, 0.717) is 26.1 Å². The van der Waals surface area contributed by atoms with Crippen LogP contribution in [0.25, 0.3) is 0 Å². The van der Waals surface area contributed by atoms with Crippen LogP contribution in [0.15, 0.2) is 30.3 Å². The number of aliphatic hydroxyl groups is 3. The zero-order valence-electron chi connectivity index (χ0n) is 13.8. The maximum Gasteiger partial charge on any atom is 0.253 e. The van der Waals surface area contributed by atoms with Crippen LogP contribution in [0, 0.1) is 0 Å². The van der Waals surface area contributed by atoms with Crippen LogP contribution in [0.3, 0.4) is 0 Å². The predicted octanol–water partition coefficient (Wildman–Crippen LogP) is 0.544. The summed E-state index contributed by atoms with van der Waals surface area (Å²) in [5.74, 6) is -0.622. The Morgan fingerprint density at radius 2 is 1.78 bits per heavy atom. The maximum atomic E-state index is 11.5. The molecule has 0 spiro atoms. The molecule has 130 valence electrons. The molecule has 1 aromatic rings. The fourth-order valence-electron chi connectivity index (χ4n) is 2.11. The molecular formula is C17H27NO5. The summed E-state index contributed by atoms with van der Waals surface area (Å²) in [7, 11) is 2.96. The fraction of sp³-hybridized carbons (Fsp3) is 0.588. The van der Waals surface area contributed by atoms with Gasteiger partial charge in [0.15, 0.2) is 6.10 Å². The lowest BCUT2D eigenvalue weighted by molar-refractivity contribution is -0.149. The first kappa shape index (κ1) is 19.6. The largest absolute Gasteiger partial charge is 0.390 e. The van der Waals surface area contributed by atoms with E-state index >= 15 is 0 Å². The minimum atomic E-state index is -1.60. The number of hydrogen-bond acceptors (Lipinski definition) is 5. The highest BCUT2D eigenvalue weighted by molar-refractivity contribution is 5.80. The van der Waals surface area contributed by atoms with Gasteiger partial charge in [0.1, 0.15) is 6.10 Å². The van der Waals surface area contributed by atoms with E-state index in [2.05, 4.69) is 0 Å². The second-order valence-corrected chi connectivity index (χ2v) is 5.77.